The number of nitrogens with two attached hydrogens (primary N) is 1. The standard InChI is InChI=1S/C14H16FN3O2/c1-2-20-14(19)12-13(16)18(9-17-12)8-7-10-5-3-4-6-11(10)15/h3-6,9H,2,7-8,16H2,1H3. The first-order valence-corrected chi connectivity index (χ1v) is 6.34. The number of benzene rings is 1. The van der Waals surface area contributed by atoms with Gasteiger partial charge in [0.2, 0.25) is 0 Å². The Bertz CT molecular complexity index is 610. The van der Waals surface area contributed by atoms with Crippen LogP contribution in [0.4, 0.5) is 10.2 Å². The minimum absolute atomic E-state index is 0.0976. The van der Waals surface area contributed by atoms with Crippen molar-refractivity contribution in [1.82, 2.24) is 9.55 Å². The molecule has 0 bridgehead atoms. The number of carbonyl (C=O) groups excluding carboxylic acids is 1. The van der Waals surface area contributed by atoms with Crippen LogP contribution in [0, 0.1) is 5.82 Å². The summed E-state index contributed by atoms with van der Waals surface area (Å²) in [5, 5.41) is 0. The lowest BCUT2D eigenvalue weighted by molar-refractivity contribution is 0.0521. The van der Waals surface area contributed by atoms with Crippen molar-refractivity contribution in [2.45, 2.75) is 19.9 Å². The van der Waals surface area contributed by atoms with Gasteiger partial charge < -0.3 is 15.0 Å². The zero-order chi connectivity index (χ0) is 14.5. The molecule has 0 saturated carbocycles. The molecule has 5 nitrogen and oxygen atoms in total. The van der Waals surface area contributed by atoms with Gasteiger partial charge in [-0.1, -0.05) is 18.2 Å². The summed E-state index contributed by atoms with van der Waals surface area (Å²) in [6.07, 6.45) is 1.93. The molecule has 1 heterocycles. The minimum Gasteiger partial charge on any atom is -0.461 e. The highest BCUT2D eigenvalue weighted by atomic mass is 19.1. The minimum atomic E-state index is -0.547. The van der Waals surface area contributed by atoms with Crippen molar-refractivity contribution >= 4 is 11.8 Å². The van der Waals surface area contributed by atoms with Crippen molar-refractivity contribution in [2.75, 3.05) is 12.3 Å². The van der Waals surface area contributed by atoms with E-state index in [4.69, 9.17) is 10.5 Å². The zero-order valence-electron chi connectivity index (χ0n) is 11.2. The van der Waals surface area contributed by atoms with E-state index in [2.05, 4.69) is 4.98 Å². The van der Waals surface area contributed by atoms with Gasteiger partial charge in [0.1, 0.15) is 11.6 Å². The number of nitrogen functional groups attached to an aromatic ring is 1. The predicted molar refractivity (Wildman–Crippen MR) is 72.7 cm³/mol. The summed E-state index contributed by atoms with van der Waals surface area (Å²) in [5.41, 5.74) is 6.54. The fourth-order valence-corrected chi connectivity index (χ4v) is 1.87. The second kappa shape index (κ2) is 6.18. The zero-order valence-corrected chi connectivity index (χ0v) is 11.2. The summed E-state index contributed by atoms with van der Waals surface area (Å²) in [4.78, 5) is 15.5. The largest absolute Gasteiger partial charge is 0.461 e. The molecule has 2 aromatic rings. The van der Waals surface area contributed by atoms with Gasteiger partial charge in [0.25, 0.3) is 0 Å². The normalized spacial score (nSPS) is 10.5. The molecule has 0 fully saturated rings. The number of aryl methyl sites for hydroxylation is 2. The Morgan fingerprint density at radius 1 is 1.45 bits per heavy atom. The maximum absolute atomic E-state index is 13.5. The molecule has 0 aliphatic rings. The molecule has 0 unspecified atom stereocenters. The van der Waals surface area contributed by atoms with Gasteiger partial charge in [-0.2, -0.15) is 0 Å². The fraction of sp³-hybridized carbons (Fsp3) is 0.286. The molecule has 2 N–H and O–H groups in total. The van der Waals surface area contributed by atoms with Crippen molar-refractivity contribution in [3.8, 4) is 0 Å². The van der Waals surface area contributed by atoms with E-state index < -0.39 is 5.97 Å². The van der Waals surface area contributed by atoms with Crippen LogP contribution in [0.3, 0.4) is 0 Å². The van der Waals surface area contributed by atoms with Gasteiger partial charge in [-0.15, -0.1) is 0 Å². The first kappa shape index (κ1) is 14.0. The molecule has 0 saturated heterocycles. The Labute approximate surface area is 116 Å². The lowest BCUT2D eigenvalue weighted by atomic mass is 10.1. The van der Waals surface area contributed by atoms with Gasteiger partial charge in [-0.3, -0.25) is 0 Å². The summed E-state index contributed by atoms with van der Waals surface area (Å²) < 4.78 is 20.0. The average Bonchev–Trinajstić information content (AvgIpc) is 2.79. The van der Waals surface area contributed by atoms with E-state index in [0.717, 1.165) is 0 Å². The molecule has 0 atom stereocenters. The molecule has 0 aliphatic carbocycles. The second-order valence-corrected chi connectivity index (χ2v) is 4.23. The number of hydrogen-bond donors (Lipinski definition) is 1. The monoisotopic (exact) mass is 277 g/mol. The average molecular weight is 277 g/mol. The number of imidazole rings is 1. The number of nitrogens with zero attached hydrogens (tertiary/aromatic N) is 2. The molecule has 106 valence electrons. The van der Waals surface area contributed by atoms with Crippen molar-refractivity contribution in [3.63, 3.8) is 0 Å². The number of carbonyl (C=O) groups is 1. The van der Waals surface area contributed by atoms with E-state index in [1.165, 1.54) is 12.4 Å². The van der Waals surface area contributed by atoms with Crippen LogP contribution in [0.2, 0.25) is 0 Å². The molecule has 1 aromatic heterocycles. The maximum atomic E-state index is 13.5. The molecule has 0 amide bonds. The van der Waals surface area contributed by atoms with Crippen molar-refractivity contribution < 1.29 is 13.9 Å². The van der Waals surface area contributed by atoms with Gasteiger partial charge >= 0.3 is 5.97 Å². The molecule has 6 heteroatoms. The predicted octanol–water partition coefficient (Wildman–Crippen LogP) is 2.02. The van der Waals surface area contributed by atoms with E-state index in [1.54, 1.807) is 29.7 Å². The lowest BCUT2D eigenvalue weighted by Gasteiger charge is -2.06. The van der Waals surface area contributed by atoms with Crippen LogP contribution in [-0.4, -0.2) is 22.1 Å². The van der Waals surface area contributed by atoms with Crippen LogP contribution in [0.1, 0.15) is 23.0 Å². The smallest absolute Gasteiger partial charge is 0.360 e. The van der Waals surface area contributed by atoms with Crippen LogP contribution in [0.5, 0.6) is 0 Å². The third-order valence-corrected chi connectivity index (χ3v) is 2.93. The van der Waals surface area contributed by atoms with Crippen molar-refractivity contribution in [2.24, 2.45) is 0 Å². The van der Waals surface area contributed by atoms with E-state index in [9.17, 15) is 9.18 Å². The second-order valence-electron chi connectivity index (χ2n) is 4.23. The molecular weight excluding hydrogens is 261 g/mol. The first-order valence-electron chi connectivity index (χ1n) is 6.34. The van der Waals surface area contributed by atoms with Crippen LogP contribution >= 0.6 is 0 Å². The molecule has 1 aromatic carbocycles. The summed E-state index contributed by atoms with van der Waals surface area (Å²) in [5.74, 6) is -0.564. The number of aromatic nitrogens is 2. The highest BCUT2D eigenvalue weighted by molar-refractivity contribution is 5.92. The Hall–Kier alpha value is -2.37. The van der Waals surface area contributed by atoms with Gasteiger partial charge in [-0.05, 0) is 25.0 Å². The SMILES string of the molecule is CCOC(=O)c1ncn(CCc2ccccc2F)c1N. The fourth-order valence-electron chi connectivity index (χ4n) is 1.87. The van der Waals surface area contributed by atoms with Crippen LogP contribution in [-0.2, 0) is 17.7 Å². The van der Waals surface area contributed by atoms with E-state index in [0.29, 0.717) is 18.5 Å². The number of rotatable bonds is 5. The quantitative estimate of drug-likeness (QED) is 0.849. The van der Waals surface area contributed by atoms with E-state index >= 15 is 0 Å². The summed E-state index contributed by atoms with van der Waals surface area (Å²) in [6.45, 7) is 2.42. The van der Waals surface area contributed by atoms with Crippen LogP contribution in [0.25, 0.3) is 0 Å². The molecule has 2 rings (SSSR count). The van der Waals surface area contributed by atoms with Gasteiger partial charge in [0.05, 0.1) is 12.9 Å². The molecule has 0 spiro atoms. The number of hydrogen-bond acceptors (Lipinski definition) is 4. The third kappa shape index (κ3) is 2.96. The third-order valence-electron chi connectivity index (χ3n) is 2.93. The Kier molecular flexibility index (Phi) is 4.34. The molecule has 0 aliphatic heterocycles. The Balaban J connectivity index is 2.08. The van der Waals surface area contributed by atoms with Gasteiger partial charge in [0.15, 0.2) is 5.69 Å². The number of halogens is 1. The lowest BCUT2D eigenvalue weighted by Crippen LogP contribution is -2.11. The van der Waals surface area contributed by atoms with E-state index in [1.807, 2.05) is 0 Å². The summed E-state index contributed by atoms with van der Waals surface area (Å²) in [6, 6.07) is 6.55. The highest BCUT2D eigenvalue weighted by Gasteiger charge is 2.16. The Morgan fingerprint density at radius 3 is 2.90 bits per heavy atom. The number of ether oxygens (including phenoxy) is 1. The van der Waals surface area contributed by atoms with Crippen molar-refractivity contribution in [1.29, 1.82) is 0 Å². The van der Waals surface area contributed by atoms with E-state index in [-0.39, 0.29) is 23.9 Å². The highest BCUT2D eigenvalue weighted by Crippen LogP contribution is 2.14. The van der Waals surface area contributed by atoms with Gasteiger partial charge in [-0.25, -0.2) is 14.2 Å². The molecular formula is C14H16FN3O2. The van der Waals surface area contributed by atoms with Gasteiger partial charge in [0, 0.05) is 6.54 Å². The van der Waals surface area contributed by atoms with Crippen molar-refractivity contribution in [3.05, 3.63) is 47.7 Å². The number of anilines is 1. The molecule has 0 radical (unpaired) electrons. The molecule has 20 heavy (non-hydrogen) atoms. The van der Waals surface area contributed by atoms with Crippen LogP contribution in [0.15, 0.2) is 30.6 Å². The van der Waals surface area contributed by atoms with Crippen LogP contribution < -0.4 is 5.73 Å². The Morgan fingerprint density at radius 2 is 2.20 bits per heavy atom. The summed E-state index contributed by atoms with van der Waals surface area (Å²) in [7, 11) is 0. The number of esters is 1. The first-order chi connectivity index (χ1) is 9.63. The maximum Gasteiger partial charge on any atom is 0.360 e. The summed E-state index contributed by atoms with van der Waals surface area (Å²) >= 11 is 0. The topological polar surface area (TPSA) is 70.1 Å².